The summed E-state index contributed by atoms with van der Waals surface area (Å²) in [6.07, 6.45) is 11.1. The highest BCUT2D eigenvalue weighted by Gasteiger charge is 2.09. The molecule has 154 valence electrons. The van der Waals surface area contributed by atoms with Crippen molar-refractivity contribution >= 4 is 11.9 Å². The highest BCUT2D eigenvalue weighted by atomic mass is 16.5. The van der Waals surface area contributed by atoms with Gasteiger partial charge in [-0.3, -0.25) is 4.79 Å². The van der Waals surface area contributed by atoms with Gasteiger partial charge in [0.25, 0.3) is 5.91 Å². The number of benzene rings is 1. The first-order valence-electron chi connectivity index (χ1n) is 9.92. The first-order valence-corrected chi connectivity index (χ1v) is 9.92. The van der Waals surface area contributed by atoms with E-state index in [2.05, 4.69) is 26.7 Å². The number of aromatic nitrogens is 2. The molecule has 3 rings (SSSR count). The van der Waals surface area contributed by atoms with Crippen LogP contribution in [0, 0.1) is 0 Å². The van der Waals surface area contributed by atoms with Gasteiger partial charge in [0.05, 0.1) is 19.8 Å². The SMILES string of the molecule is COc1ccc(CNc2ncc(C(=O)NCCC3=CCCCC3)cn2)cc1OC. The average molecular weight is 396 g/mol. The number of ether oxygens (including phenoxy) is 2. The number of amides is 1. The van der Waals surface area contributed by atoms with Crippen LogP contribution < -0.4 is 20.1 Å². The molecular formula is C22H28N4O3. The number of methoxy groups -OCH3 is 2. The lowest BCUT2D eigenvalue weighted by atomic mass is 9.97. The first-order chi connectivity index (χ1) is 14.2. The van der Waals surface area contributed by atoms with Crippen LogP contribution in [0.3, 0.4) is 0 Å². The molecule has 1 aromatic heterocycles. The zero-order chi connectivity index (χ0) is 20.5. The number of anilines is 1. The predicted molar refractivity (Wildman–Crippen MR) is 112 cm³/mol. The van der Waals surface area contributed by atoms with Gasteiger partial charge < -0.3 is 20.1 Å². The lowest BCUT2D eigenvalue weighted by molar-refractivity contribution is 0.0953. The summed E-state index contributed by atoms with van der Waals surface area (Å²) in [5.41, 5.74) is 2.91. The fraction of sp³-hybridized carbons (Fsp3) is 0.409. The summed E-state index contributed by atoms with van der Waals surface area (Å²) in [6, 6.07) is 5.70. The van der Waals surface area contributed by atoms with Crippen molar-refractivity contribution in [1.29, 1.82) is 0 Å². The van der Waals surface area contributed by atoms with E-state index in [1.165, 1.54) is 18.4 Å². The molecule has 1 amide bonds. The number of nitrogens with zero attached hydrogens (tertiary/aromatic N) is 2. The van der Waals surface area contributed by atoms with Crippen molar-refractivity contribution < 1.29 is 14.3 Å². The molecule has 0 saturated heterocycles. The molecule has 0 bridgehead atoms. The second-order valence-corrected chi connectivity index (χ2v) is 6.95. The van der Waals surface area contributed by atoms with Crippen molar-refractivity contribution in [1.82, 2.24) is 15.3 Å². The number of nitrogens with one attached hydrogen (secondary N) is 2. The minimum absolute atomic E-state index is 0.146. The molecule has 7 nitrogen and oxygen atoms in total. The van der Waals surface area contributed by atoms with E-state index in [9.17, 15) is 4.79 Å². The third kappa shape index (κ3) is 5.94. The van der Waals surface area contributed by atoms with E-state index >= 15 is 0 Å². The molecule has 1 aliphatic rings. The standard InChI is InChI=1S/C22H28N4O3/c1-28-19-9-8-17(12-20(19)29-2)13-24-22-25-14-18(15-26-22)21(27)23-11-10-16-6-4-3-5-7-16/h6,8-9,12,14-15H,3-5,7,10-11,13H2,1-2H3,(H,23,27)(H,24,25,26). The number of hydrogen-bond donors (Lipinski definition) is 2. The van der Waals surface area contributed by atoms with Crippen LogP contribution in [0.1, 0.15) is 48.0 Å². The second kappa shape index (κ2) is 10.5. The van der Waals surface area contributed by atoms with Crippen LogP contribution in [-0.4, -0.2) is 36.6 Å². The summed E-state index contributed by atoms with van der Waals surface area (Å²) in [5, 5.41) is 6.09. The Morgan fingerprint density at radius 3 is 2.59 bits per heavy atom. The van der Waals surface area contributed by atoms with Gasteiger partial charge in [0.2, 0.25) is 5.95 Å². The van der Waals surface area contributed by atoms with Crippen molar-refractivity contribution in [2.24, 2.45) is 0 Å². The van der Waals surface area contributed by atoms with Gasteiger partial charge in [-0.05, 0) is 49.8 Å². The van der Waals surface area contributed by atoms with Gasteiger partial charge in [0.1, 0.15) is 0 Å². The number of hydrogen-bond acceptors (Lipinski definition) is 6. The van der Waals surface area contributed by atoms with Gasteiger partial charge in [-0.1, -0.05) is 17.7 Å². The summed E-state index contributed by atoms with van der Waals surface area (Å²) in [5.74, 6) is 1.67. The minimum atomic E-state index is -0.146. The zero-order valence-corrected chi connectivity index (χ0v) is 17.0. The maximum absolute atomic E-state index is 12.3. The molecule has 0 spiro atoms. The van der Waals surface area contributed by atoms with Crippen molar-refractivity contribution in [2.45, 2.75) is 38.6 Å². The minimum Gasteiger partial charge on any atom is -0.493 e. The van der Waals surface area contributed by atoms with Crippen LogP contribution in [0.15, 0.2) is 42.2 Å². The van der Waals surface area contributed by atoms with Crippen molar-refractivity contribution in [3.8, 4) is 11.5 Å². The van der Waals surface area contributed by atoms with E-state index in [1.54, 1.807) is 26.6 Å². The van der Waals surface area contributed by atoms with E-state index in [-0.39, 0.29) is 5.91 Å². The fourth-order valence-electron chi connectivity index (χ4n) is 3.28. The van der Waals surface area contributed by atoms with Crippen LogP contribution in [-0.2, 0) is 6.54 Å². The van der Waals surface area contributed by atoms with E-state index in [4.69, 9.17) is 9.47 Å². The molecule has 1 aliphatic carbocycles. The van der Waals surface area contributed by atoms with Crippen molar-refractivity contribution in [3.05, 3.63) is 53.4 Å². The molecule has 7 heteroatoms. The number of rotatable bonds is 9. The number of carbonyl (C=O) groups is 1. The molecule has 0 aliphatic heterocycles. The number of carbonyl (C=O) groups excluding carboxylic acids is 1. The van der Waals surface area contributed by atoms with E-state index in [0.717, 1.165) is 24.8 Å². The molecule has 1 heterocycles. The molecule has 1 aromatic carbocycles. The van der Waals surface area contributed by atoms with Crippen LogP contribution in [0.5, 0.6) is 11.5 Å². The normalized spacial score (nSPS) is 13.4. The Kier molecular flexibility index (Phi) is 7.44. The Hall–Kier alpha value is -3.09. The smallest absolute Gasteiger partial charge is 0.254 e. The summed E-state index contributed by atoms with van der Waals surface area (Å²) in [4.78, 5) is 20.7. The van der Waals surface area contributed by atoms with Gasteiger partial charge >= 0.3 is 0 Å². The largest absolute Gasteiger partial charge is 0.493 e. The van der Waals surface area contributed by atoms with Crippen LogP contribution in [0.4, 0.5) is 5.95 Å². The average Bonchev–Trinajstić information content (AvgIpc) is 2.78. The third-order valence-electron chi connectivity index (χ3n) is 4.93. The van der Waals surface area contributed by atoms with Gasteiger partial charge in [0, 0.05) is 25.5 Å². The molecule has 0 saturated carbocycles. The molecule has 29 heavy (non-hydrogen) atoms. The maximum atomic E-state index is 12.3. The molecule has 0 radical (unpaired) electrons. The zero-order valence-electron chi connectivity index (χ0n) is 17.0. The van der Waals surface area contributed by atoms with Crippen LogP contribution in [0.2, 0.25) is 0 Å². The summed E-state index contributed by atoms with van der Waals surface area (Å²) < 4.78 is 10.6. The van der Waals surface area contributed by atoms with Gasteiger partial charge in [-0.25, -0.2) is 9.97 Å². The maximum Gasteiger partial charge on any atom is 0.254 e. The Morgan fingerprint density at radius 2 is 1.90 bits per heavy atom. The summed E-state index contributed by atoms with van der Waals surface area (Å²) in [6.45, 7) is 1.17. The van der Waals surface area contributed by atoms with Gasteiger partial charge in [0.15, 0.2) is 11.5 Å². The third-order valence-corrected chi connectivity index (χ3v) is 4.93. The van der Waals surface area contributed by atoms with E-state index in [1.807, 2.05) is 18.2 Å². The van der Waals surface area contributed by atoms with Gasteiger partial charge in [-0.15, -0.1) is 0 Å². The van der Waals surface area contributed by atoms with E-state index < -0.39 is 0 Å². The van der Waals surface area contributed by atoms with Crippen molar-refractivity contribution in [3.63, 3.8) is 0 Å². The summed E-state index contributed by atoms with van der Waals surface area (Å²) in [7, 11) is 3.21. The molecule has 2 aromatic rings. The summed E-state index contributed by atoms with van der Waals surface area (Å²) >= 11 is 0. The Labute approximate surface area is 171 Å². The Bertz CT molecular complexity index is 850. The molecule has 2 N–H and O–H groups in total. The van der Waals surface area contributed by atoms with Gasteiger partial charge in [-0.2, -0.15) is 0 Å². The van der Waals surface area contributed by atoms with Crippen molar-refractivity contribution in [2.75, 3.05) is 26.1 Å². The highest BCUT2D eigenvalue weighted by Crippen LogP contribution is 2.27. The lowest BCUT2D eigenvalue weighted by Gasteiger charge is -2.13. The molecular weight excluding hydrogens is 368 g/mol. The molecule has 0 unspecified atom stereocenters. The molecule has 0 atom stereocenters. The number of allylic oxidation sites excluding steroid dienone is 1. The Balaban J connectivity index is 1.48. The molecule has 0 fully saturated rings. The predicted octanol–water partition coefficient (Wildman–Crippen LogP) is 3.73. The second-order valence-electron chi connectivity index (χ2n) is 6.95. The quantitative estimate of drug-likeness (QED) is 0.628. The van der Waals surface area contributed by atoms with Crippen LogP contribution >= 0.6 is 0 Å². The van der Waals surface area contributed by atoms with Crippen LogP contribution in [0.25, 0.3) is 0 Å². The monoisotopic (exact) mass is 396 g/mol. The topological polar surface area (TPSA) is 85.4 Å². The highest BCUT2D eigenvalue weighted by molar-refractivity contribution is 5.93. The first kappa shape index (κ1) is 20.6. The Morgan fingerprint density at radius 1 is 1.10 bits per heavy atom. The lowest BCUT2D eigenvalue weighted by Crippen LogP contribution is -2.25. The van der Waals surface area contributed by atoms with E-state index in [0.29, 0.717) is 36.1 Å². The fourth-order valence-corrected chi connectivity index (χ4v) is 3.28.